The number of hydrogen-bond donors (Lipinski definition) is 1. The molecule has 100 valence electrons. The number of rotatable bonds is 4. The fourth-order valence-corrected chi connectivity index (χ4v) is 2.53. The Kier molecular flexibility index (Phi) is 3.51. The van der Waals surface area contributed by atoms with Crippen molar-refractivity contribution in [3.63, 3.8) is 0 Å². The molecule has 0 amide bonds. The predicted octanol–water partition coefficient (Wildman–Crippen LogP) is 2.33. The molecular formula is C15H18N2O2. The Morgan fingerprint density at radius 3 is 3.21 bits per heavy atom. The zero-order chi connectivity index (χ0) is 13.1. The van der Waals surface area contributed by atoms with E-state index in [-0.39, 0.29) is 6.10 Å². The molecule has 1 aliphatic rings. The smallest absolute Gasteiger partial charge is 0.119 e. The molecule has 3 rings (SSSR count). The molecule has 1 unspecified atom stereocenters. The van der Waals surface area contributed by atoms with Crippen molar-refractivity contribution in [2.45, 2.75) is 31.9 Å². The second-order valence-electron chi connectivity index (χ2n) is 4.89. The molecule has 1 aliphatic carbocycles. The van der Waals surface area contributed by atoms with Crippen LogP contribution in [-0.2, 0) is 13.0 Å². The van der Waals surface area contributed by atoms with Gasteiger partial charge in [-0.05, 0) is 48.6 Å². The number of ether oxygens (including phenoxy) is 1. The molecule has 1 heterocycles. The molecule has 4 heteroatoms. The Labute approximate surface area is 112 Å². The average Bonchev–Trinajstić information content (AvgIpc) is 2.93. The molecule has 0 radical (unpaired) electrons. The number of aliphatic hydroxyl groups is 1. The number of benzene rings is 1. The highest BCUT2D eigenvalue weighted by atomic mass is 16.5. The largest absolute Gasteiger partial charge is 0.492 e. The van der Waals surface area contributed by atoms with Crippen LogP contribution in [-0.4, -0.2) is 21.5 Å². The summed E-state index contributed by atoms with van der Waals surface area (Å²) in [5.41, 5.74) is 2.28. The van der Waals surface area contributed by atoms with Crippen molar-refractivity contribution < 1.29 is 9.84 Å². The highest BCUT2D eigenvalue weighted by Crippen LogP contribution is 2.32. The van der Waals surface area contributed by atoms with E-state index in [1.54, 1.807) is 6.20 Å². The van der Waals surface area contributed by atoms with Gasteiger partial charge in [0.1, 0.15) is 12.4 Å². The molecule has 0 saturated carbocycles. The Hall–Kier alpha value is -1.81. The van der Waals surface area contributed by atoms with Crippen LogP contribution in [0, 0.1) is 0 Å². The van der Waals surface area contributed by atoms with Crippen molar-refractivity contribution in [1.82, 2.24) is 9.78 Å². The summed E-state index contributed by atoms with van der Waals surface area (Å²) in [5, 5.41) is 14.1. The lowest BCUT2D eigenvalue weighted by molar-refractivity contribution is 0.156. The fourth-order valence-electron chi connectivity index (χ4n) is 2.53. The van der Waals surface area contributed by atoms with E-state index >= 15 is 0 Å². The van der Waals surface area contributed by atoms with Crippen LogP contribution >= 0.6 is 0 Å². The normalized spacial score (nSPS) is 18.1. The Bertz CT molecular complexity index is 537. The first-order valence-electron chi connectivity index (χ1n) is 6.74. The van der Waals surface area contributed by atoms with Gasteiger partial charge in [0, 0.05) is 12.4 Å². The van der Waals surface area contributed by atoms with E-state index in [2.05, 4.69) is 11.2 Å². The van der Waals surface area contributed by atoms with Gasteiger partial charge in [-0.3, -0.25) is 4.68 Å². The van der Waals surface area contributed by atoms with Gasteiger partial charge >= 0.3 is 0 Å². The third-order valence-electron chi connectivity index (χ3n) is 3.55. The first-order valence-corrected chi connectivity index (χ1v) is 6.74. The van der Waals surface area contributed by atoms with Crippen molar-refractivity contribution in [2.24, 2.45) is 0 Å². The minimum atomic E-state index is -0.335. The molecule has 1 N–H and O–H groups in total. The summed E-state index contributed by atoms with van der Waals surface area (Å²) >= 11 is 0. The average molecular weight is 258 g/mol. The van der Waals surface area contributed by atoms with Gasteiger partial charge in [-0.1, -0.05) is 6.07 Å². The summed E-state index contributed by atoms with van der Waals surface area (Å²) in [4.78, 5) is 0. The highest BCUT2D eigenvalue weighted by molar-refractivity contribution is 5.38. The summed E-state index contributed by atoms with van der Waals surface area (Å²) in [6, 6.07) is 7.93. The molecule has 0 aliphatic heterocycles. The van der Waals surface area contributed by atoms with Gasteiger partial charge in [-0.2, -0.15) is 5.10 Å². The summed E-state index contributed by atoms with van der Waals surface area (Å²) in [6.07, 6.45) is 6.31. The fraction of sp³-hybridized carbons (Fsp3) is 0.400. The van der Waals surface area contributed by atoms with Gasteiger partial charge < -0.3 is 9.84 Å². The number of aromatic nitrogens is 2. The van der Waals surface area contributed by atoms with Crippen molar-refractivity contribution in [3.05, 3.63) is 47.8 Å². The molecule has 0 bridgehead atoms. The quantitative estimate of drug-likeness (QED) is 0.915. The molecule has 4 nitrogen and oxygen atoms in total. The SMILES string of the molecule is OC1CCCc2ccc(OCCn3cccn3)cc21. The number of nitrogens with zero attached hydrogens (tertiary/aromatic N) is 2. The lowest BCUT2D eigenvalue weighted by atomic mass is 9.89. The number of aliphatic hydroxyl groups excluding tert-OH is 1. The van der Waals surface area contributed by atoms with E-state index in [0.29, 0.717) is 6.61 Å². The second-order valence-corrected chi connectivity index (χ2v) is 4.89. The molecule has 19 heavy (non-hydrogen) atoms. The van der Waals surface area contributed by atoms with Crippen LogP contribution in [0.2, 0.25) is 0 Å². The molecule has 1 aromatic carbocycles. The Morgan fingerprint density at radius 1 is 1.42 bits per heavy atom. The summed E-state index contributed by atoms with van der Waals surface area (Å²) in [7, 11) is 0. The standard InChI is InChI=1S/C15H18N2O2/c18-15-4-1-3-12-5-6-13(11-14(12)15)19-10-9-17-8-2-7-16-17/h2,5-8,11,15,18H,1,3-4,9-10H2. The van der Waals surface area contributed by atoms with E-state index in [9.17, 15) is 5.11 Å². The van der Waals surface area contributed by atoms with Crippen LogP contribution < -0.4 is 4.74 Å². The van der Waals surface area contributed by atoms with E-state index in [0.717, 1.165) is 37.1 Å². The third-order valence-corrected chi connectivity index (χ3v) is 3.55. The topological polar surface area (TPSA) is 47.3 Å². The molecule has 0 saturated heterocycles. The molecular weight excluding hydrogens is 240 g/mol. The van der Waals surface area contributed by atoms with Crippen LogP contribution in [0.15, 0.2) is 36.7 Å². The Morgan fingerprint density at radius 2 is 2.37 bits per heavy atom. The van der Waals surface area contributed by atoms with Gasteiger partial charge in [0.25, 0.3) is 0 Å². The molecule has 1 aromatic heterocycles. The second kappa shape index (κ2) is 5.45. The minimum Gasteiger partial charge on any atom is -0.492 e. The number of hydrogen-bond acceptors (Lipinski definition) is 3. The highest BCUT2D eigenvalue weighted by Gasteiger charge is 2.18. The monoisotopic (exact) mass is 258 g/mol. The molecule has 0 spiro atoms. The van der Waals surface area contributed by atoms with Gasteiger partial charge in [-0.15, -0.1) is 0 Å². The van der Waals surface area contributed by atoms with E-state index in [4.69, 9.17) is 4.74 Å². The molecule has 1 atom stereocenters. The maximum Gasteiger partial charge on any atom is 0.119 e. The van der Waals surface area contributed by atoms with Gasteiger partial charge in [0.05, 0.1) is 12.6 Å². The van der Waals surface area contributed by atoms with Crippen LogP contribution in [0.4, 0.5) is 0 Å². The van der Waals surface area contributed by atoms with E-state index < -0.39 is 0 Å². The van der Waals surface area contributed by atoms with Gasteiger partial charge in [-0.25, -0.2) is 0 Å². The van der Waals surface area contributed by atoms with Crippen molar-refractivity contribution in [2.75, 3.05) is 6.61 Å². The summed E-state index contributed by atoms with van der Waals surface area (Å²) in [6.45, 7) is 1.31. The van der Waals surface area contributed by atoms with E-state index in [1.165, 1.54) is 5.56 Å². The first-order chi connectivity index (χ1) is 9.33. The lowest BCUT2D eigenvalue weighted by Crippen LogP contribution is -2.11. The number of aryl methyl sites for hydroxylation is 1. The lowest BCUT2D eigenvalue weighted by Gasteiger charge is -2.22. The van der Waals surface area contributed by atoms with Gasteiger partial charge in [0.15, 0.2) is 0 Å². The molecule has 0 fully saturated rings. The maximum atomic E-state index is 9.99. The third kappa shape index (κ3) is 2.79. The minimum absolute atomic E-state index is 0.335. The Balaban J connectivity index is 1.63. The predicted molar refractivity (Wildman–Crippen MR) is 72.1 cm³/mol. The van der Waals surface area contributed by atoms with Crippen molar-refractivity contribution in [3.8, 4) is 5.75 Å². The van der Waals surface area contributed by atoms with Crippen LogP contribution in [0.1, 0.15) is 30.1 Å². The van der Waals surface area contributed by atoms with Gasteiger partial charge in [0.2, 0.25) is 0 Å². The van der Waals surface area contributed by atoms with Crippen LogP contribution in [0.5, 0.6) is 5.75 Å². The summed E-state index contributed by atoms with van der Waals surface area (Å²) in [5.74, 6) is 0.826. The zero-order valence-electron chi connectivity index (χ0n) is 10.8. The van der Waals surface area contributed by atoms with Crippen molar-refractivity contribution in [1.29, 1.82) is 0 Å². The maximum absolute atomic E-state index is 9.99. The molecule has 2 aromatic rings. The van der Waals surface area contributed by atoms with Crippen molar-refractivity contribution >= 4 is 0 Å². The first kappa shape index (κ1) is 12.2. The van der Waals surface area contributed by atoms with Crippen LogP contribution in [0.25, 0.3) is 0 Å². The zero-order valence-corrected chi connectivity index (χ0v) is 10.8. The van der Waals surface area contributed by atoms with Crippen LogP contribution in [0.3, 0.4) is 0 Å². The number of fused-ring (bicyclic) bond motifs is 1. The van der Waals surface area contributed by atoms with E-state index in [1.807, 2.05) is 29.1 Å². The summed E-state index contributed by atoms with van der Waals surface area (Å²) < 4.78 is 7.56.